The van der Waals surface area contributed by atoms with E-state index in [0.29, 0.717) is 11.4 Å². The van der Waals surface area contributed by atoms with Crippen molar-refractivity contribution in [2.45, 2.75) is 19.8 Å². The van der Waals surface area contributed by atoms with Crippen molar-refractivity contribution < 1.29 is 4.79 Å². The van der Waals surface area contributed by atoms with Crippen LogP contribution >= 0.6 is 22.9 Å². The molecule has 94 valence electrons. The van der Waals surface area contributed by atoms with Crippen molar-refractivity contribution >= 4 is 34.5 Å². The highest BCUT2D eigenvalue weighted by molar-refractivity contribution is 7.11. The summed E-state index contributed by atoms with van der Waals surface area (Å²) in [5.74, 6) is 0.0170. The highest BCUT2D eigenvalue weighted by Gasteiger charge is 2.04. The van der Waals surface area contributed by atoms with Crippen LogP contribution < -0.4 is 5.32 Å². The van der Waals surface area contributed by atoms with Gasteiger partial charge in [-0.3, -0.25) is 4.79 Å². The Morgan fingerprint density at radius 1 is 1.33 bits per heavy atom. The van der Waals surface area contributed by atoms with E-state index in [1.165, 1.54) is 9.75 Å². The molecule has 1 heterocycles. The molecule has 0 aliphatic heterocycles. The molecule has 2 rings (SSSR count). The van der Waals surface area contributed by atoms with E-state index in [9.17, 15) is 4.79 Å². The van der Waals surface area contributed by atoms with Crippen LogP contribution in [0.5, 0.6) is 0 Å². The largest absolute Gasteiger partial charge is 0.326 e. The summed E-state index contributed by atoms with van der Waals surface area (Å²) < 4.78 is 0. The van der Waals surface area contributed by atoms with Crippen molar-refractivity contribution in [3.63, 3.8) is 0 Å². The average Bonchev–Trinajstić information content (AvgIpc) is 2.73. The summed E-state index contributed by atoms with van der Waals surface area (Å²) in [4.78, 5) is 14.3. The molecule has 0 saturated heterocycles. The van der Waals surface area contributed by atoms with Crippen molar-refractivity contribution in [2.75, 3.05) is 5.32 Å². The first kappa shape index (κ1) is 13.1. The van der Waals surface area contributed by atoms with Crippen LogP contribution in [-0.2, 0) is 11.2 Å². The molecule has 0 aliphatic carbocycles. The normalized spacial score (nSPS) is 10.3. The number of anilines is 1. The van der Waals surface area contributed by atoms with E-state index in [2.05, 4.69) is 24.4 Å². The van der Waals surface area contributed by atoms with E-state index < -0.39 is 0 Å². The molecule has 0 aliphatic rings. The molecule has 4 heteroatoms. The molecule has 0 fully saturated rings. The van der Waals surface area contributed by atoms with Crippen molar-refractivity contribution in [2.24, 2.45) is 0 Å². The van der Waals surface area contributed by atoms with Gasteiger partial charge in [0.1, 0.15) is 0 Å². The lowest BCUT2D eigenvalue weighted by Crippen LogP contribution is -2.11. The highest BCUT2D eigenvalue weighted by atomic mass is 35.5. The van der Waals surface area contributed by atoms with Gasteiger partial charge in [-0.05, 0) is 43.7 Å². The van der Waals surface area contributed by atoms with Crippen molar-refractivity contribution in [3.8, 4) is 0 Å². The van der Waals surface area contributed by atoms with E-state index in [4.69, 9.17) is 11.6 Å². The zero-order valence-electron chi connectivity index (χ0n) is 10.1. The summed E-state index contributed by atoms with van der Waals surface area (Å²) in [6.45, 7) is 2.07. The fourth-order valence-electron chi connectivity index (χ4n) is 1.65. The third kappa shape index (κ3) is 3.86. The standard InChI is InChI=1S/C14H14ClNOS/c1-10-5-6-13(18-10)7-8-14(17)16-12-4-2-3-11(15)9-12/h2-6,9H,7-8H2,1H3,(H,16,17). The monoisotopic (exact) mass is 279 g/mol. The van der Waals surface area contributed by atoms with E-state index in [1.54, 1.807) is 23.5 Å². The van der Waals surface area contributed by atoms with Gasteiger partial charge in [-0.15, -0.1) is 11.3 Å². The summed E-state index contributed by atoms with van der Waals surface area (Å²) in [7, 11) is 0. The fourth-order valence-corrected chi connectivity index (χ4v) is 2.73. The topological polar surface area (TPSA) is 29.1 Å². The minimum absolute atomic E-state index is 0.0170. The predicted octanol–water partition coefficient (Wildman–Crippen LogP) is 4.28. The number of carbonyl (C=O) groups is 1. The predicted molar refractivity (Wildman–Crippen MR) is 77.5 cm³/mol. The molecule has 0 atom stereocenters. The minimum Gasteiger partial charge on any atom is -0.326 e. The molecule has 0 saturated carbocycles. The smallest absolute Gasteiger partial charge is 0.224 e. The number of rotatable bonds is 4. The zero-order chi connectivity index (χ0) is 13.0. The third-order valence-electron chi connectivity index (χ3n) is 2.50. The van der Waals surface area contributed by atoms with Crippen LogP contribution in [0.25, 0.3) is 0 Å². The maximum Gasteiger partial charge on any atom is 0.224 e. The maximum absolute atomic E-state index is 11.8. The first-order chi connectivity index (χ1) is 8.63. The Morgan fingerprint density at radius 3 is 2.83 bits per heavy atom. The molecule has 18 heavy (non-hydrogen) atoms. The first-order valence-electron chi connectivity index (χ1n) is 5.74. The van der Waals surface area contributed by atoms with Crippen molar-refractivity contribution in [3.05, 3.63) is 51.2 Å². The Balaban J connectivity index is 1.85. The van der Waals surface area contributed by atoms with Crippen LogP contribution in [0.2, 0.25) is 5.02 Å². The molecule has 2 aromatic rings. The number of halogens is 1. The molecule has 1 N–H and O–H groups in total. The number of thiophene rings is 1. The van der Waals surface area contributed by atoms with Gasteiger partial charge in [0.25, 0.3) is 0 Å². The molecule has 0 bridgehead atoms. The summed E-state index contributed by atoms with van der Waals surface area (Å²) in [6, 6.07) is 11.3. The lowest BCUT2D eigenvalue weighted by atomic mass is 10.2. The molecule has 2 nitrogen and oxygen atoms in total. The Hall–Kier alpha value is -1.32. The number of aryl methyl sites for hydroxylation is 2. The molecule has 0 unspecified atom stereocenters. The van der Waals surface area contributed by atoms with Crippen LogP contribution in [-0.4, -0.2) is 5.91 Å². The van der Waals surface area contributed by atoms with Crippen LogP contribution in [0.1, 0.15) is 16.2 Å². The molecule has 0 radical (unpaired) electrons. The van der Waals surface area contributed by atoms with Gasteiger partial charge >= 0.3 is 0 Å². The highest BCUT2D eigenvalue weighted by Crippen LogP contribution is 2.18. The Kier molecular flexibility index (Phi) is 4.39. The number of amides is 1. The molecular weight excluding hydrogens is 266 g/mol. The Bertz CT molecular complexity index is 550. The molecule has 0 spiro atoms. The van der Waals surface area contributed by atoms with Gasteiger partial charge in [0.05, 0.1) is 0 Å². The van der Waals surface area contributed by atoms with E-state index in [0.717, 1.165) is 12.1 Å². The maximum atomic E-state index is 11.8. The van der Waals surface area contributed by atoms with Gasteiger partial charge in [0.2, 0.25) is 5.91 Å². The summed E-state index contributed by atoms with van der Waals surface area (Å²) in [5.41, 5.74) is 0.745. The van der Waals surface area contributed by atoms with Crippen molar-refractivity contribution in [1.82, 2.24) is 0 Å². The van der Waals surface area contributed by atoms with Crippen LogP contribution in [0.4, 0.5) is 5.69 Å². The van der Waals surface area contributed by atoms with Gasteiger partial charge in [-0.1, -0.05) is 17.7 Å². The summed E-state index contributed by atoms with van der Waals surface area (Å²) >= 11 is 7.59. The van der Waals surface area contributed by atoms with Crippen LogP contribution in [0, 0.1) is 6.92 Å². The number of hydrogen-bond acceptors (Lipinski definition) is 2. The van der Waals surface area contributed by atoms with Crippen LogP contribution in [0.3, 0.4) is 0 Å². The van der Waals surface area contributed by atoms with E-state index in [-0.39, 0.29) is 5.91 Å². The third-order valence-corrected chi connectivity index (χ3v) is 3.80. The SMILES string of the molecule is Cc1ccc(CCC(=O)Nc2cccc(Cl)c2)s1. The second kappa shape index (κ2) is 6.03. The van der Waals surface area contributed by atoms with Gasteiger partial charge in [0.15, 0.2) is 0 Å². The molecule has 1 amide bonds. The molecule has 1 aromatic heterocycles. The first-order valence-corrected chi connectivity index (χ1v) is 6.93. The second-order valence-electron chi connectivity index (χ2n) is 4.07. The number of nitrogens with one attached hydrogen (secondary N) is 1. The molecular formula is C14H14ClNOS. The van der Waals surface area contributed by atoms with Gasteiger partial charge < -0.3 is 5.32 Å². The Labute approximate surface area is 116 Å². The number of hydrogen-bond donors (Lipinski definition) is 1. The minimum atomic E-state index is 0.0170. The lowest BCUT2D eigenvalue weighted by Gasteiger charge is -2.04. The van der Waals surface area contributed by atoms with Crippen molar-refractivity contribution in [1.29, 1.82) is 0 Å². The second-order valence-corrected chi connectivity index (χ2v) is 5.88. The number of benzene rings is 1. The lowest BCUT2D eigenvalue weighted by molar-refractivity contribution is -0.116. The van der Waals surface area contributed by atoms with Crippen LogP contribution in [0.15, 0.2) is 36.4 Å². The number of carbonyl (C=O) groups excluding carboxylic acids is 1. The quantitative estimate of drug-likeness (QED) is 0.889. The summed E-state index contributed by atoms with van der Waals surface area (Å²) in [6.07, 6.45) is 1.28. The Morgan fingerprint density at radius 2 is 2.17 bits per heavy atom. The fraction of sp³-hybridized carbons (Fsp3) is 0.214. The van der Waals surface area contributed by atoms with Gasteiger partial charge in [-0.2, -0.15) is 0 Å². The van der Waals surface area contributed by atoms with E-state index in [1.807, 2.05) is 12.1 Å². The van der Waals surface area contributed by atoms with Gasteiger partial charge in [0, 0.05) is 26.9 Å². The van der Waals surface area contributed by atoms with E-state index >= 15 is 0 Å². The van der Waals surface area contributed by atoms with Gasteiger partial charge in [-0.25, -0.2) is 0 Å². The summed E-state index contributed by atoms with van der Waals surface area (Å²) in [5, 5.41) is 3.47. The molecule has 1 aromatic carbocycles. The average molecular weight is 280 g/mol. The zero-order valence-corrected chi connectivity index (χ0v) is 11.6.